The maximum absolute atomic E-state index is 9.18. The SMILES string of the molecule is CC(C)[C@@H](CO)Nc1nnccc1CN. The van der Waals surface area contributed by atoms with Gasteiger partial charge in [0.2, 0.25) is 0 Å². The van der Waals surface area contributed by atoms with Gasteiger partial charge in [0.25, 0.3) is 0 Å². The minimum Gasteiger partial charge on any atom is -0.394 e. The molecule has 0 unspecified atom stereocenters. The number of rotatable bonds is 5. The number of aromatic nitrogens is 2. The molecule has 0 fully saturated rings. The Morgan fingerprint density at radius 1 is 1.53 bits per heavy atom. The monoisotopic (exact) mass is 210 g/mol. The van der Waals surface area contributed by atoms with E-state index in [0.717, 1.165) is 5.56 Å². The van der Waals surface area contributed by atoms with Crippen LogP contribution in [0.5, 0.6) is 0 Å². The Hall–Kier alpha value is -1.20. The maximum Gasteiger partial charge on any atom is 0.153 e. The molecule has 0 aromatic carbocycles. The number of nitrogens with two attached hydrogens (primary N) is 1. The second-order valence-corrected chi connectivity index (χ2v) is 3.79. The number of hydrogen-bond acceptors (Lipinski definition) is 5. The highest BCUT2D eigenvalue weighted by molar-refractivity contribution is 5.43. The fourth-order valence-electron chi connectivity index (χ4n) is 1.24. The number of aliphatic hydroxyl groups excluding tert-OH is 1. The lowest BCUT2D eigenvalue weighted by Crippen LogP contribution is -2.30. The summed E-state index contributed by atoms with van der Waals surface area (Å²) in [5.41, 5.74) is 6.48. The van der Waals surface area contributed by atoms with Crippen molar-refractivity contribution < 1.29 is 5.11 Å². The highest BCUT2D eigenvalue weighted by atomic mass is 16.3. The molecule has 0 bridgehead atoms. The molecule has 1 heterocycles. The van der Waals surface area contributed by atoms with Crippen LogP contribution < -0.4 is 11.1 Å². The number of anilines is 1. The zero-order chi connectivity index (χ0) is 11.3. The predicted octanol–water partition coefficient (Wildman–Crippen LogP) is 0.364. The molecule has 4 N–H and O–H groups in total. The summed E-state index contributed by atoms with van der Waals surface area (Å²) in [5, 5.41) is 20.1. The summed E-state index contributed by atoms with van der Waals surface area (Å²) in [6.07, 6.45) is 1.61. The average Bonchev–Trinajstić information content (AvgIpc) is 2.25. The molecule has 0 aliphatic heterocycles. The summed E-state index contributed by atoms with van der Waals surface area (Å²) in [6, 6.07) is 1.80. The van der Waals surface area contributed by atoms with Gasteiger partial charge in [0, 0.05) is 12.1 Å². The van der Waals surface area contributed by atoms with Gasteiger partial charge in [0.15, 0.2) is 5.82 Å². The highest BCUT2D eigenvalue weighted by Gasteiger charge is 2.14. The third-order valence-electron chi connectivity index (χ3n) is 2.35. The Balaban J connectivity index is 2.78. The first-order valence-corrected chi connectivity index (χ1v) is 5.07. The Labute approximate surface area is 89.7 Å². The molecular formula is C10H18N4O. The molecule has 0 saturated carbocycles. The van der Waals surface area contributed by atoms with Crippen LogP contribution in [0.3, 0.4) is 0 Å². The normalized spacial score (nSPS) is 12.9. The summed E-state index contributed by atoms with van der Waals surface area (Å²) < 4.78 is 0. The van der Waals surface area contributed by atoms with Crippen LogP contribution in [-0.2, 0) is 6.54 Å². The summed E-state index contributed by atoms with van der Waals surface area (Å²) in [6.45, 7) is 4.55. The van der Waals surface area contributed by atoms with E-state index in [0.29, 0.717) is 18.3 Å². The lowest BCUT2D eigenvalue weighted by Gasteiger charge is -2.21. The van der Waals surface area contributed by atoms with E-state index in [4.69, 9.17) is 5.73 Å². The third-order valence-corrected chi connectivity index (χ3v) is 2.35. The summed E-state index contributed by atoms with van der Waals surface area (Å²) >= 11 is 0. The van der Waals surface area contributed by atoms with E-state index >= 15 is 0 Å². The summed E-state index contributed by atoms with van der Waals surface area (Å²) in [7, 11) is 0. The lowest BCUT2D eigenvalue weighted by molar-refractivity contribution is 0.249. The number of aliphatic hydroxyl groups is 1. The number of nitrogens with one attached hydrogen (secondary N) is 1. The van der Waals surface area contributed by atoms with Crippen molar-refractivity contribution in [3.05, 3.63) is 17.8 Å². The van der Waals surface area contributed by atoms with Gasteiger partial charge in [-0.25, -0.2) is 0 Å². The topological polar surface area (TPSA) is 84.1 Å². The van der Waals surface area contributed by atoms with Gasteiger partial charge in [-0.2, -0.15) is 5.10 Å². The van der Waals surface area contributed by atoms with Gasteiger partial charge in [-0.15, -0.1) is 5.10 Å². The van der Waals surface area contributed by atoms with Crippen molar-refractivity contribution in [2.45, 2.75) is 26.4 Å². The second kappa shape index (κ2) is 5.63. The van der Waals surface area contributed by atoms with Crippen LogP contribution in [0.1, 0.15) is 19.4 Å². The van der Waals surface area contributed by atoms with E-state index in [1.165, 1.54) is 0 Å². The minimum atomic E-state index is -0.0213. The largest absolute Gasteiger partial charge is 0.394 e. The van der Waals surface area contributed by atoms with Crippen LogP contribution in [0.15, 0.2) is 12.3 Å². The predicted molar refractivity (Wildman–Crippen MR) is 59.3 cm³/mol. The first kappa shape index (κ1) is 11.9. The quantitative estimate of drug-likeness (QED) is 0.653. The van der Waals surface area contributed by atoms with Crippen LogP contribution >= 0.6 is 0 Å². The van der Waals surface area contributed by atoms with Crippen molar-refractivity contribution in [2.75, 3.05) is 11.9 Å². The highest BCUT2D eigenvalue weighted by Crippen LogP contribution is 2.13. The van der Waals surface area contributed by atoms with Crippen molar-refractivity contribution in [2.24, 2.45) is 11.7 Å². The standard InChI is InChI=1S/C10H18N4O/c1-7(2)9(6-15)13-10-8(5-11)3-4-12-14-10/h3-4,7,9,15H,5-6,11H2,1-2H3,(H,13,14)/t9-/m1/s1. The molecular weight excluding hydrogens is 192 g/mol. The molecule has 0 spiro atoms. The molecule has 0 amide bonds. The minimum absolute atomic E-state index is 0.0213. The number of nitrogens with zero attached hydrogens (tertiary/aromatic N) is 2. The van der Waals surface area contributed by atoms with Crippen LogP contribution in [-0.4, -0.2) is 28.0 Å². The molecule has 84 valence electrons. The van der Waals surface area contributed by atoms with Crippen molar-refractivity contribution in [3.63, 3.8) is 0 Å². The lowest BCUT2D eigenvalue weighted by atomic mass is 10.1. The van der Waals surface area contributed by atoms with E-state index in [1.807, 2.05) is 19.9 Å². The van der Waals surface area contributed by atoms with E-state index in [2.05, 4.69) is 15.5 Å². The molecule has 0 aliphatic carbocycles. The van der Waals surface area contributed by atoms with Crippen molar-refractivity contribution in [1.29, 1.82) is 0 Å². The van der Waals surface area contributed by atoms with E-state index in [1.54, 1.807) is 6.20 Å². The van der Waals surface area contributed by atoms with Crippen LogP contribution in [0.4, 0.5) is 5.82 Å². The molecule has 15 heavy (non-hydrogen) atoms. The Morgan fingerprint density at radius 2 is 2.27 bits per heavy atom. The van der Waals surface area contributed by atoms with Crippen LogP contribution in [0.25, 0.3) is 0 Å². The van der Waals surface area contributed by atoms with Crippen molar-refractivity contribution >= 4 is 5.82 Å². The van der Waals surface area contributed by atoms with Crippen LogP contribution in [0, 0.1) is 5.92 Å². The maximum atomic E-state index is 9.18. The fourth-order valence-corrected chi connectivity index (χ4v) is 1.24. The fraction of sp³-hybridized carbons (Fsp3) is 0.600. The molecule has 5 heteroatoms. The Kier molecular flexibility index (Phi) is 4.45. The first-order valence-electron chi connectivity index (χ1n) is 5.07. The van der Waals surface area contributed by atoms with Gasteiger partial charge in [-0.05, 0) is 12.0 Å². The number of hydrogen-bond donors (Lipinski definition) is 3. The van der Waals surface area contributed by atoms with E-state index in [9.17, 15) is 5.11 Å². The van der Waals surface area contributed by atoms with Gasteiger partial charge in [-0.1, -0.05) is 13.8 Å². The molecule has 0 aliphatic rings. The molecule has 0 saturated heterocycles. The second-order valence-electron chi connectivity index (χ2n) is 3.79. The third kappa shape index (κ3) is 3.14. The van der Waals surface area contributed by atoms with Gasteiger partial charge in [0.1, 0.15) is 0 Å². The Bertz CT molecular complexity index is 303. The Morgan fingerprint density at radius 3 is 2.80 bits per heavy atom. The summed E-state index contributed by atoms with van der Waals surface area (Å²) in [4.78, 5) is 0. The zero-order valence-electron chi connectivity index (χ0n) is 9.14. The molecule has 1 atom stereocenters. The van der Waals surface area contributed by atoms with Gasteiger partial charge in [-0.3, -0.25) is 0 Å². The van der Waals surface area contributed by atoms with Gasteiger partial charge >= 0.3 is 0 Å². The molecule has 0 radical (unpaired) electrons. The molecule has 1 rings (SSSR count). The van der Waals surface area contributed by atoms with E-state index < -0.39 is 0 Å². The van der Waals surface area contributed by atoms with Crippen molar-refractivity contribution in [3.8, 4) is 0 Å². The summed E-state index contributed by atoms with van der Waals surface area (Å²) in [5.74, 6) is 0.982. The molecule has 1 aromatic rings. The first-order chi connectivity index (χ1) is 7.19. The zero-order valence-corrected chi connectivity index (χ0v) is 9.14. The van der Waals surface area contributed by atoms with Gasteiger partial charge in [0.05, 0.1) is 18.8 Å². The van der Waals surface area contributed by atoms with Crippen molar-refractivity contribution in [1.82, 2.24) is 10.2 Å². The molecule has 1 aromatic heterocycles. The van der Waals surface area contributed by atoms with Gasteiger partial charge < -0.3 is 16.2 Å². The molecule has 5 nitrogen and oxygen atoms in total. The smallest absolute Gasteiger partial charge is 0.153 e. The van der Waals surface area contributed by atoms with E-state index in [-0.39, 0.29) is 12.6 Å². The average molecular weight is 210 g/mol. The van der Waals surface area contributed by atoms with Crippen LogP contribution in [0.2, 0.25) is 0 Å².